The van der Waals surface area contributed by atoms with E-state index in [1.54, 1.807) is 30.5 Å². The van der Waals surface area contributed by atoms with Crippen LogP contribution in [0.2, 0.25) is 0 Å². The average molecular weight is 504 g/mol. The maximum absolute atomic E-state index is 12.6. The number of nitrogens with zero attached hydrogens (tertiary/aromatic N) is 3. The van der Waals surface area contributed by atoms with Crippen LogP contribution in [0.4, 0.5) is 5.69 Å². The second kappa shape index (κ2) is 10.2. The molecule has 38 heavy (non-hydrogen) atoms. The first-order valence-corrected chi connectivity index (χ1v) is 12.5. The number of anilines is 1. The summed E-state index contributed by atoms with van der Waals surface area (Å²) in [5.41, 5.74) is 4.48. The average Bonchev–Trinajstić information content (AvgIpc) is 3.56. The molecule has 2 N–H and O–H groups in total. The van der Waals surface area contributed by atoms with E-state index in [2.05, 4.69) is 20.3 Å². The van der Waals surface area contributed by atoms with Crippen molar-refractivity contribution in [2.75, 3.05) is 11.9 Å². The number of hydrogen-bond acceptors (Lipinski definition) is 5. The minimum absolute atomic E-state index is 0.150. The first-order chi connectivity index (χ1) is 18.6. The maximum atomic E-state index is 12.6. The van der Waals surface area contributed by atoms with Crippen molar-refractivity contribution < 1.29 is 14.3 Å². The number of amides is 2. The van der Waals surface area contributed by atoms with Crippen molar-refractivity contribution in [1.82, 2.24) is 19.9 Å². The Kier molecular flexibility index (Phi) is 6.27. The molecule has 2 aromatic heterocycles. The minimum Gasteiger partial charge on any atom is -0.457 e. The molecular weight excluding hydrogens is 478 g/mol. The number of H-pyrrole nitrogens is 1. The predicted octanol–water partition coefficient (Wildman–Crippen LogP) is 5.79. The number of rotatable bonds is 7. The summed E-state index contributed by atoms with van der Waals surface area (Å²) in [6, 6.07) is 26.0. The molecule has 1 aliphatic heterocycles. The van der Waals surface area contributed by atoms with Gasteiger partial charge in [-0.15, -0.1) is 0 Å². The van der Waals surface area contributed by atoms with Gasteiger partial charge in [0, 0.05) is 48.1 Å². The zero-order valence-electron chi connectivity index (χ0n) is 20.6. The fraction of sp³-hybridized carbons (Fsp3) is 0.133. The quantitative estimate of drug-likeness (QED) is 0.293. The third-order valence-electron chi connectivity index (χ3n) is 6.51. The summed E-state index contributed by atoms with van der Waals surface area (Å²) in [6.07, 6.45) is 3.15. The van der Waals surface area contributed by atoms with E-state index in [0.717, 1.165) is 35.3 Å². The number of carbonyl (C=O) groups is 2. The van der Waals surface area contributed by atoms with Crippen LogP contribution in [0.25, 0.3) is 22.6 Å². The van der Waals surface area contributed by atoms with Crippen LogP contribution in [0.3, 0.4) is 0 Å². The van der Waals surface area contributed by atoms with Gasteiger partial charge in [0.25, 0.3) is 5.91 Å². The SMILES string of the molecule is O=C(Nc1ccccc1)c1ccc(Oc2cc(-c3nc4ncccc4[nH]3)ccc2CN2CCCC2=O)cc1. The van der Waals surface area contributed by atoms with Crippen LogP contribution in [0.15, 0.2) is 91.1 Å². The highest BCUT2D eigenvalue weighted by Crippen LogP contribution is 2.32. The molecule has 0 aliphatic carbocycles. The number of ether oxygens (including phenoxy) is 1. The topological polar surface area (TPSA) is 100 Å². The molecule has 1 aliphatic rings. The molecule has 0 spiro atoms. The molecule has 3 aromatic carbocycles. The van der Waals surface area contributed by atoms with E-state index in [-0.39, 0.29) is 11.8 Å². The molecule has 1 saturated heterocycles. The largest absolute Gasteiger partial charge is 0.457 e. The van der Waals surface area contributed by atoms with Crippen LogP contribution in [-0.2, 0) is 11.3 Å². The van der Waals surface area contributed by atoms with E-state index in [0.29, 0.717) is 41.5 Å². The summed E-state index contributed by atoms with van der Waals surface area (Å²) < 4.78 is 6.32. The normalized spacial score (nSPS) is 13.2. The zero-order chi connectivity index (χ0) is 25.9. The highest BCUT2D eigenvalue weighted by Gasteiger charge is 2.22. The molecule has 3 heterocycles. The lowest BCUT2D eigenvalue weighted by Crippen LogP contribution is -2.24. The fourth-order valence-corrected chi connectivity index (χ4v) is 4.51. The van der Waals surface area contributed by atoms with Gasteiger partial charge in [-0.1, -0.05) is 30.3 Å². The number of para-hydroxylation sites is 1. The Balaban J connectivity index is 1.27. The monoisotopic (exact) mass is 503 g/mol. The molecule has 0 unspecified atom stereocenters. The predicted molar refractivity (Wildman–Crippen MR) is 145 cm³/mol. The Bertz CT molecular complexity index is 1580. The van der Waals surface area contributed by atoms with Crippen LogP contribution in [0, 0.1) is 0 Å². The Morgan fingerprint density at radius 1 is 1.00 bits per heavy atom. The number of hydrogen-bond donors (Lipinski definition) is 2. The summed E-state index contributed by atoms with van der Waals surface area (Å²) in [5.74, 6) is 1.84. The van der Waals surface area contributed by atoms with E-state index in [1.165, 1.54) is 0 Å². The maximum Gasteiger partial charge on any atom is 0.255 e. The third-order valence-corrected chi connectivity index (χ3v) is 6.51. The van der Waals surface area contributed by atoms with Crippen LogP contribution in [0.1, 0.15) is 28.8 Å². The smallest absolute Gasteiger partial charge is 0.255 e. The number of imidazole rings is 1. The second-order valence-electron chi connectivity index (χ2n) is 9.15. The molecule has 0 atom stereocenters. The number of aromatic amines is 1. The molecule has 0 saturated carbocycles. The number of pyridine rings is 1. The summed E-state index contributed by atoms with van der Waals surface area (Å²) >= 11 is 0. The fourth-order valence-electron chi connectivity index (χ4n) is 4.51. The Morgan fingerprint density at radius 3 is 2.61 bits per heavy atom. The molecule has 1 fully saturated rings. The van der Waals surface area contributed by atoms with E-state index in [4.69, 9.17) is 4.74 Å². The molecule has 2 amide bonds. The summed E-state index contributed by atoms with van der Waals surface area (Å²) in [7, 11) is 0. The van der Waals surface area contributed by atoms with Crippen LogP contribution in [-0.4, -0.2) is 38.2 Å². The summed E-state index contributed by atoms with van der Waals surface area (Å²) in [4.78, 5) is 39.0. The van der Waals surface area contributed by atoms with Gasteiger partial charge in [0.05, 0.1) is 5.52 Å². The number of nitrogens with one attached hydrogen (secondary N) is 2. The molecule has 8 heteroatoms. The molecular formula is C30H25N5O3. The van der Waals surface area contributed by atoms with Crippen LogP contribution < -0.4 is 10.1 Å². The highest BCUT2D eigenvalue weighted by atomic mass is 16.5. The van der Waals surface area contributed by atoms with E-state index >= 15 is 0 Å². The lowest BCUT2D eigenvalue weighted by Gasteiger charge is -2.19. The second-order valence-corrected chi connectivity index (χ2v) is 9.15. The standard InChI is InChI=1S/C30H25N5O3/c36-27-9-5-17-35(27)19-22-11-10-21(28-33-25-8-4-16-31-29(25)34-28)18-26(22)38-24-14-12-20(13-15-24)30(37)32-23-6-2-1-3-7-23/h1-4,6-8,10-16,18H,5,9,17,19H2,(H,32,37)(H,31,33,34). The Labute approximate surface area is 219 Å². The van der Waals surface area contributed by atoms with Gasteiger partial charge >= 0.3 is 0 Å². The van der Waals surface area contributed by atoms with Gasteiger partial charge in [-0.3, -0.25) is 9.59 Å². The molecule has 6 rings (SSSR count). The molecule has 0 radical (unpaired) electrons. The number of fused-ring (bicyclic) bond motifs is 1. The van der Waals surface area contributed by atoms with Gasteiger partial charge in [0.2, 0.25) is 5.91 Å². The molecule has 0 bridgehead atoms. The zero-order valence-corrected chi connectivity index (χ0v) is 20.6. The van der Waals surface area contributed by atoms with Gasteiger partial charge < -0.3 is 19.9 Å². The van der Waals surface area contributed by atoms with Crippen molar-refractivity contribution in [3.8, 4) is 22.9 Å². The van der Waals surface area contributed by atoms with Gasteiger partial charge in [-0.2, -0.15) is 0 Å². The number of aromatic nitrogens is 3. The highest BCUT2D eigenvalue weighted by molar-refractivity contribution is 6.04. The molecule has 5 aromatic rings. The third kappa shape index (κ3) is 4.97. The molecule has 188 valence electrons. The van der Waals surface area contributed by atoms with E-state index in [9.17, 15) is 9.59 Å². The first kappa shape index (κ1) is 23.4. The van der Waals surface area contributed by atoms with Crippen molar-refractivity contribution >= 4 is 28.7 Å². The number of carbonyl (C=O) groups excluding carboxylic acids is 2. The summed E-state index contributed by atoms with van der Waals surface area (Å²) in [6.45, 7) is 1.20. The van der Waals surface area contributed by atoms with E-state index in [1.807, 2.05) is 65.6 Å². The lowest BCUT2D eigenvalue weighted by molar-refractivity contribution is -0.128. The number of likely N-dealkylation sites (tertiary alicyclic amines) is 1. The van der Waals surface area contributed by atoms with Gasteiger partial charge in [-0.05, 0) is 61.0 Å². The van der Waals surface area contributed by atoms with Crippen molar-refractivity contribution in [2.45, 2.75) is 19.4 Å². The minimum atomic E-state index is -0.198. The Hall–Kier alpha value is -4.98. The van der Waals surface area contributed by atoms with E-state index < -0.39 is 0 Å². The van der Waals surface area contributed by atoms with Gasteiger partial charge in [0.1, 0.15) is 17.3 Å². The van der Waals surface area contributed by atoms with Gasteiger partial charge in [0.15, 0.2) is 5.65 Å². The number of benzene rings is 3. The van der Waals surface area contributed by atoms with Crippen molar-refractivity contribution in [1.29, 1.82) is 0 Å². The van der Waals surface area contributed by atoms with Gasteiger partial charge in [-0.25, -0.2) is 9.97 Å². The van der Waals surface area contributed by atoms with Crippen LogP contribution in [0.5, 0.6) is 11.5 Å². The first-order valence-electron chi connectivity index (χ1n) is 12.5. The summed E-state index contributed by atoms with van der Waals surface area (Å²) in [5, 5.41) is 2.88. The van der Waals surface area contributed by atoms with Crippen molar-refractivity contribution in [3.05, 3.63) is 102 Å². The van der Waals surface area contributed by atoms with Crippen molar-refractivity contribution in [3.63, 3.8) is 0 Å². The van der Waals surface area contributed by atoms with Crippen molar-refractivity contribution in [2.24, 2.45) is 0 Å². The lowest BCUT2D eigenvalue weighted by atomic mass is 10.1. The van der Waals surface area contributed by atoms with Crippen LogP contribution >= 0.6 is 0 Å². The Morgan fingerprint density at radius 2 is 1.84 bits per heavy atom. The molecule has 8 nitrogen and oxygen atoms in total.